The van der Waals surface area contributed by atoms with E-state index in [4.69, 9.17) is 14.2 Å². The van der Waals surface area contributed by atoms with Gasteiger partial charge in [0.1, 0.15) is 23.6 Å². The predicted octanol–water partition coefficient (Wildman–Crippen LogP) is 8.72. The summed E-state index contributed by atoms with van der Waals surface area (Å²) in [7, 11) is 0. The van der Waals surface area contributed by atoms with Gasteiger partial charge in [-0.25, -0.2) is 4.79 Å². The zero-order valence-electron chi connectivity index (χ0n) is 31.6. The number of carbonyl (C=O) groups excluding carboxylic acids is 2. The fraction of sp³-hybridized carbons (Fsp3) is 0.800. The van der Waals surface area contributed by atoms with Crippen LogP contribution in [0.3, 0.4) is 0 Å². The molecular formula is C40H67NO6. The van der Waals surface area contributed by atoms with Crippen molar-refractivity contribution in [1.29, 1.82) is 0 Å². The lowest BCUT2D eigenvalue weighted by molar-refractivity contribution is -0.136. The third kappa shape index (κ3) is 11.2. The Hall–Kier alpha value is -2.12. The number of benzene rings is 1. The van der Waals surface area contributed by atoms with Crippen molar-refractivity contribution in [3.8, 4) is 11.5 Å². The lowest BCUT2D eigenvalue weighted by Gasteiger charge is -2.38. The molecule has 0 radical (unpaired) electrons. The Kier molecular flexibility index (Phi) is 14.2. The number of hydrogen-bond acceptors (Lipinski definition) is 6. The highest BCUT2D eigenvalue weighted by Crippen LogP contribution is 2.45. The molecule has 2 aliphatic rings. The van der Waals surface area contributed by atoms with Gasteiger partial charge in [0, 0.05) is 5.56 Å². The van der Waals surface area contributed by atoms with Gasteiger partial charge in [0.2, 0.25) is 5.91 Å². The van der Waals surface area contributed by atoms with Crippen LogP contribution in [0.25, 0.3) is 0 Å². The Labute approximate surface area is 286 Å². The van der Waals surface area contributed by atoms with Crippen molar-refractivity contribution in [2.45, 2.75) is 177 Å². The molecule has 47 heavy (non-hydrogen) atoms. The average molecular weight is 658 g/mol. The van der Waals surface area contributed by atoms with Crippen LogP contribution in [0.4, 0.5) is 0 Å². The second kappa shape index (κ2) is 17.0. The van der Waals surface area contributed by atoms with E-state index in [-0.39, 0.29) is 12.1 Å². The van der Waals surface area contributed by atoms with E-state index in [2.05, 4.69) is 39.9 Å². The fourth-order valence-electron chi connectivity index (χ4n) is 7.01. The number of ether oxygens (including phenoxy) is 3. The zero-order chi connectivity index (χ0) is 35.1. The molecule has 1 aromatic carbocycles. The van der Waals surface area contributed by atoms with Gasteiger partial charge in [0.05, 0.1) is 23.7 Å². The lowest BCUT2D eigenvalue weighted by atomic mass is 9.83. The number of aliphatic hydroxyl groups is 1. The van der Waals surface area contributed by atoms with Crippen LogP contribution in [0.2, 0.25) is 0 Å². The van der Waals surface area contributed by atoms with E-state index in [9.17, 15) is 14.7 Å². The van der Waals surface area contributed by atoms with Crippen LogP contribution in [0.15, 0.2) is 0 Å². The van der Waals surface area contributed by atoms with E-state index in [1.165, 1.54) is 44.9 Å². The minimum absolute atomic E-state index is 0.203. The Balaban J connectivity index is 1.48. The number of amides is 1. The van der Waals surface area contributed by atoms with Gasteiger partial charge in [-0.2, -0.15) is 0 Å². The molecule has 7 nitrogen and oxygen atoms in total. The van der Waals surface area contributed by atoms with Gasteiger partial charge in [0.15, 0.2) is 0 Å². The smallest absolute Gasteiger partial charge is 0.330 e. The molecule has 3 rings (SSSR count). The highest BCUT2D eigenvalue weighted by atomic mass is 16.5. The van der Waals surface area contributed by atoms with Gasteiger partial charge in [-0.3, -0.25) is 4.79 Å². The third-order valence-corrected chi connectivity index (χ3v) is 11.0. The zero-order valence-corrected chi connectivity index (χ0v) is 31.6. The molecule has 2 N–H and O–H groups in total. The number of aliphatic hydroxyl groups excluding tert-OH is 1. The molecule has 1 amide bonds. The maximum Gasteiger partial charge on any atom is 0.330 e. The van der Waals surface area contributed by atoms with Crippen molar-refractivity contribution in [2.75, 3.05) is 6.54 Å². The predicted molar refractivity (Wildman–Crippen MR) is 190 cm³/mol. The first-order valence-electron chi connectivity index (χ1n) is 18.6. The normalized spacial score (nSPS) is 23.6. The summed E-state index contributed by atoms with van der Waals surface area (Å²) in [6.45, 7) is 23.3. The first-order valence-corrected chi connectivity index (χ1v) is 18.6. The Morgan fingerprint density at radius 1 is 0.957 bits per heavy atom. The quantitative estimate of drug-likeness (QED) is 0.114. The second-order valence-electron chi connectivity index (χ2n) is 16.3. The minimum Gasteiger partial charge on any atom is -0.487 e. The first-order chi connectivity index (χ1) is 22.0. The molecule has 1 aromatic rings. The molecule has 0 saturated heterocycles. The van der Waals surface area contributed by atoms with Gasteiger partial charge in [-0.15, -0.1) is 0 Å². The number of carbonyl (C=O) groups is 2. The maximum absolute atomic E-state index is 12.9. The SMILES string of the molecule is CCC(C)(C)OC1C(O)C1C(=O)NCC(=O)Oc1c(C)c(C)c2c(c1C)CC[C@@](C)(CCC[C@H](C)CCC[C@H](C)CCCC(C)C)O2. The molecule has 1 aliphatic carbocycles. The molecule has 0 spiro atoms. The Bertz CT molecular complexity index is 1210. The summed E-state index contributed by atoms with van der Waals surface area (Å²) in [5.74, 6) is 2.27. The Morgan fingerprint density at radius 3 is 2.15 bits per heavy atom. The van der Waals surface area contributed by atoms with Crippen LogP contribution in [0.1, 0.15) is 148 Å². The van der Waals surface area contributed by atoms with E-state index in [0.717, 1.165) is 77.9 Å². The summed E-state index contributed by atoms with van der Waals surface area (Å²) in [6, 6.07) is 0. The number of rotatable bonds is 19. The van der Waals surface area contributed by atoms with E-state index >= 15 is 0 Å². The largest absolute Gasteiger partial charge is 0.487 e. The summed E-state index contributed by atoms with van der Waals surface area (Å²) in [4.78, 5) is 25.5. The van der Waals surface area contributed by atoms with E-state index in [1.54, 1.807) is 0 Å². The summed E-state index contributed by atoms with van der Waals surface area (Å²) in [5.41, 5.74) is 3.27. The molecular weight excluding hydrogens is 590 g/mol. The van der Waals surface area contributed by atoms with Crippen LogP contribution in [-0.2, 0) is 20.7 Å². The van der Waals surface area contributed by atoms with Gasteiger partial charge in [-0.1, -0.05) is 79.6 Å². The van der Waals surface area contributed by atoms with Crippen LogP contribution >= 0.6 is 0 Å². The van der Waals surface area contributed by atoms with Gasteiger partial charge in [0.25, 0.3) is 0 Å². The van der Waals surface area contributed by atoms with Crippen LogP contribution in [-0.4, -0.2) is 46.9 Å². The molecule has 0 aromatic heterocycles. The molecule has 268 valence electrons. The van der Waals surface area contributed by atoms with Crippen LogP contribution in [0, 0.1) is 44.4 Å². The summed E-state index contributed by atoms with van der Waals surface area (Å²) in [6.07, 6.45) is 12.7. The average Bonchev–Trinajstić information content (AvgIpc) is 3.63. The lowest BCUT2D eigenvalue weighted by Crippen LogP contribution is -2.37. The van der Waals surface area contributed by atoms with E-state index in [0.29, 0.717) is 5.75 Å². The molecule has 1 aliphatic heterocycles. The molecule has 3 unspecified atom stereocenters. The summed E-state index contributed by atoms with van der Waals surface area (Å²) in [5, 5.41) is 12.8. The van der Waals surface area contributed by atoms with Crippen molar-refractivity contribution >= 4 is 11.9 Å². The number of hydrogen-bond donors (Lipinski definition) is 2. The van der Waals surface area contributed by atoms with E-state index in [1.807, 2.05) is 41.5 Å². The van der Waals surface area contributed by atoms with Crippen LogP contribution < -0.4 is 14.8 Å². The number of nitrogens with one attached hydrogen (secondary N) is 1. The molecule has 1 saturated carbocycles. The minimum atomic E-state index is -0.859. The van der Waals surface area contributed by atoms with Gasteiger partial charge < -0.3 is 24.6 Å². The molecule has 6 atom stereocenters. The molecule has 7 heteroatoms. The van der Waals surface area contributed by atoms with Crippen molar-refractivity contribution in [2.24, 2.45) is 23.7 Å². The fourth-order valence-corrected chi connectivity index (χ4v) is 7.01. The van der Waals surface area contributed by atoms with E-state index < -0.39 is 35.6 Å². The highest BCUT2D eigenvalue weighted by Gasteiger charge is 2.57. The number of fused-ring (bicyclic) bond motifs is 1. The first kappa shape index (κ1) is 39.3. The van der Waals surface area contributed by atoms with Gasteiger partial charge >= 0.3 is 5.97 Å². The number of esters is 1. The van der Waals surface area contributed by atoms with Crippen molar-refractivity contribution in [3.63, 3.8) is 0 Å². The standard InChI is InChI=1S/C40H67NO6/c1-12-39(9,10)46-37-33(34(37)43)38(44)41-24-32(42)45-35-28(6)29(7)36-31(30(35)8)21-23-40(11,47-36)22-15-20-27(5)19-14-18-26(4)17-13-16-25(2)3/h25-27,33-34,37,43H,12-24H2,1-11H3,(H,41,44)/t26-,27-,33?,34?,37?,40-/m1/s1. The topological polar surface area (TPSA) is 94.1 Å². The highest BCUT2D eigenvalue weighted by molar-refractivity contribution is 5.87. The third-order valence-electron chi connectivity index (χ3n) is 11.0. The van der Waals surface area contributed by atoms with Gasteiger partial charge in [-0.05, 0) is 108 Å². The van der Waals surface area contributed by atoms with Crippen molar-refractivity contribution in [1.82, 2.24) is 5.32 Å². The molecule has 1 heterocycles. The summed E-state index contributed by atoms with van der Waals surface area (Å²) < 4.78 is 18.5. The molecule has 0 bridgehead atoms. The summed E-state index contributed by atoms with van der Waals surface area (Å²) >= 11 is 0. The second-order valence-corrected chi connectivity index (χ2v) is 16.3. The van der Waals surface area contributed by atoms with Crippen molar-refractivity contribution in [3.05, 3.63) is 22.3 Å². The van der Waals surface area contributed by atoms with Crippen LogP contribution in [0.5, 0.6) is 11.5 Å². The maximum atomic E-state index is 12.9. The monoisotopic (exact) mass is 657 g/mol. The Morgan fingerprint density at radius 2 is 1.55 bits per heavy atom. The molecule has 1 fully saturated rings. The van der Waals surface area contributed by atoms with Crippen molar-refractivity contribution < 1.29 is 28.9 Å².